The molecule has 2 aromatic rings. The van der Waals surface area contributed by atoms with Crippen molar-refractivity contribution in [3.8, 4) is 0 Å². The number of piperazine rings is 1. The second kappa shape index (κ2) is 6.29. The number of hydrogen-bond donors (Lipinski definition) is 1. The summed E-state index contributed by atoms with van der Waals surface area (Å²) in [6.45, 7) is 6.63. The van der Waals surface area contributed by atoms with Crippen LogP contribution < -0.4 is 4.90 Å². The van der Waals surface area contributed by atoms with Gasteiger partial charge in [-0.1, -0.05) is 19.3 Å². The summed E-state index contributed by atoms with van der Waals surface area (Å²) in [7, 11) is 0. The predicted molar refractivity (Wildman–Crippen MR) is 92.2 cm³/mol. The number of nitrogens with zero attached hydrogens (tertiary/aromatic N) is 6. The van der Waals surface area contributed by atoms with E-state index in [0.717, 1.165) is 69.9 Å². The Hall–Kier alpha value is -1.73. The summed E-state index contributed by atoms with van der Waals surface area (Å²) in [4.78, 5) is 13.4. The fourth-order valence-electron chi connectivity index (χ4n) is 4.06. The van der Waals surface area contributed by atoms with Gasteiger partial charge in [-0.3, -0.25) is 4.90 Å². The van der Waals surface area contributed by atoms with Crippen molar-refractivity contribution in [1.29, 1.82) is 0 Å². The van der Waals surface area contributed by atoms with E-state index in [1.54, 1.807) is 6.33 Å². The summed E-state index contributed by atoms with van der Waals surface area (Å²) in [5, 5.41) is 15.1. The lowest BCUT2D eigenvalue weighted by Crippen LogP contribution is -2.52. The first kappa shape index (κ1) is 15.8. The van der Waals surface area contributed by atoms with Gasteiger partial charge in [-0.15, -0.1) is 0 Å². The fraction of sp³-hybridized carbons (Fsp3) is 0.706. The van der Waals surface area contributed by atoms with Crippen LogP contribution in [0, 0.1) is 6.92 Å². The Labute approximate surface area is 142 Å². The molecule has 1 saturated heterocycles. The van der Waals surface area contributed by atoms with Crippen molar-refractivity contribution in [1.82, 2.24) is 24.5 Å². The molecule has 1 N–H and O–H groups in total. The third-order valence-electron chi connectivity index (χ3n) is 5.36. The maximum absolute atomic E-state index is 10.8. The van der Waals surface area contributed by atoms with Crippen LogP contribution >= 0.6 is 0 Å². The average molecular weight is 330 g/mol. The van der Waals surface area contributed by atoms with Gasteiger partial charge >= 0.3 is 0 Å². The van der Waals surface area contributed by atoms with E-state index in [4.69, 9.17) is 0 Å². The molecule has 2 aliphatic rings. The standard InChI is InChI=1S/C17H26N6O/c1-14-11-15(23-16(20-14)18-13-19-23)22-9-7-21(8-10-22)12-17(24)5-3-2-4-6-17/h11,13,24H,2-10,12H2,1H3. The zero-order chi connectivity index (χ0) is 16.6. The summed E-state index contributed by atoms with van der Waals surface area (Å²) < 4.78 is 1.82. The molecule has 1 aliphatic heterocycles. The van der Waals surface area contributed by atoms with E-state index in [9.17, 15) is 5.11 Å². The Kier molecular flexibility index (Phi) is 4.14. The lowest BCUT2D eigenvalue weighted by atomic mass is 9.84. The fourth-order valence-corrected chi connectivity index (χ4v) is 4.06. The largest absolute Gasteiger partial charge is 0.389 e. The van der Waals surface area contributed by atoms with E-state index < -0.39 is 5.60 Å². The van der Waals surface area contributed by atoms with E-state index in [-0.39, 0.29) is 0 Å². The highest BCUT2D eigenvalue weighted by Crippen LogP contribution is 2.29. The minimum absolute atomic E-state index is 0.465. The molecule has 0 atom stereocenters. The summed E-state index contributed by atoms with van der Waals surface area (Å²) >= 11 is 0. The molecule has 130 valence electrons. The number of hydrogen-bond acceptors (Lipinski definition) is 6. The van der Waals surface area contributed by atoms with Crippen molar-refractivity contribution < 1.29 is 5.11 Å². The number of fused-ring (bicyclic) bond motifs is 1. The van der Waals surface area contributed by atoms with E-state index in [2.05, 4.69) is 30.9 Å². The molecule has 0 aromatic carbocycles. The van der Waals surface area contributed by atoms with Crippen LogP contribution in [-0.4, -0.2) is 67.9 Å². The van der Waals surface area contributed by atoms with Crippen LogP contribution in [0.2, 0.25) is 0 Å². The first-order valence-electron chi connectivity index (χ1n) is 9.00. The number of β-amino-alcohol motifs (C(OH)–C–C–N with tert-alkyl or cyclic N) is 1. The van der Waals surface area contributed by atoms with Gasteiger partial charge in [0.25, 0.3) is 5.78 Å². The lowest BCUT2D eigenvalue weighted by molar-refractivity contribution is -0.0271. The van der Waals surface area contributed by atoms with Crippen molar-refractivity contribution in [3.05, 3.63) is 18.1 Å². The van der Waals surface area contributed by atoms with Crippen molar-refractivity contribution in [2.75, 3.05) is 37.6 Å². The van der Waals surface area contributed by atoms with Crippen LogP contribution in [0.25, 0.3) is 5.78 Å². The van der Waals surface area contributed by atoms with Gasteiger partial charge < -0.3 is 10.0 Å². The van der Waals surface area contributed by atoms with Crippen LogP contribution in [0.4, 0.5) is 5.82 Å². The number of rotatable bonds is 3. The predicted octanol–water partition coefficient (Wildman–Crippen LogP) is 1.25. The van der Waals surface area contributed by atoms with Gasteiger partial charge in [-0.2, -0.15) is 14.6 Å². The summed E-state index contributed by atoms with van der Waals surface area (Å²) in [5.74, 6) is 1.72. The number of aromatic nitrogens is 4. The summed E-state index contributed by atoms with van der Waals surface area (Å²) in [5.41, 5.74) is 0.497. The second-order valence-electron chi connectivity index (χ2n) is 7.28. The van der Waals surface area contributed by atoms with Crippen molar-refractivity contribution in [3.63, 3.8) is 0 Å². The first-order valence-corrected chi connectivity index (χ1v) is 9.00. The van der Waals surface area contributed by atoms with Crippen molar-refractivity contribution in [2.24, 2.45) is 0 Å². The topological polar surface area (TPSA) is 69.8 Å². The van der Waals surface area contributed by atoms with Gasteiger partial charge in [0, 0.05) is 44.5 Å². The maximum atomic E-state index is 10.8. The number of aliphatic hydroxyl groups is 1. The smallest absolute Gasteiger partial charge is 0.254 e. The highest BCUT2D eigenvalue weighted by molar-refractivity contribution is 5.47. The molecule has 4 rings (SSSR count). The van der Waals surface area contributed by atoms with Crippen LogP contribution in [0.3, 0.4) is 0 Å². The molecule has 1 saturated carbocycles. The average Bonchev–Trinajstić information content (AvgIpc) is 3.03. The molecule has 0 unspecified atom stereocenters. The quantitative estimate of drug-likeness (QED) is 0.913. The van der Waals surface area contributed by atoms with Gasteiger partial charge in [0.2, 0.25) is 0 Å². The van der Waals surface area contributed by atoms with Gasteiger partial charge in [0.1, 0.15) is 12.1 Å². The van der Waals surface area contributed by atoms with Gasteiger partial charge in [0.05, 0.1) is 5.60 Å². The van der Waals surface area contributed by atoms with Crippen LogP contribution in [0.1, 0.15) is 37.8 Å². The highest BCUT2D eigenvalue weighted by atomic mass is 16.3. The summed E-state index contributed by atoms with van der Waals surface area (Å²) in [6.07, 6.45) is 7.06. The zero-order valence-corrected chi connectivity index (χ0v) is 14.4. The van der Waals surface area contributed by atoms with Gasteiger partial charge in [-0.25, -0.2) is 4.98 Å². The molecule has 0 spiro atoms. The Bertz CT molecular complexity index is 700. The molecular weight excluding hydrogens is 304 g/mol. The van der Waals surface area contributed by atoms with E-state index in [0.29, 0.717) is 5.78 Å². The Morgan fingerprint density at radius 3 is 2.62 bits per heavy atom. The van der Waals surface area contributed by atoms with Crippen molar-refractivity contribution in [2.45, 2.75) is 44.6 Å². The van der Waals surface area contributed by atoms with E-state index >= 15 is 0 Å². The Morgan fingerprint density at radius 1 is 1.12 bits per heavy atom. The van der Waals surface area contributed by atoms with Crippen LogP contribution in [-0.2, 0) is 0 Å². The van der Waals surface area contributed by atoms with Crippen LogP contribution in [0.15, 0.2) is 12.4 Å². The Morgan fingerprint density at radius 2 is 1.88 bits per heavy atom. The first-order chi connectivity index (χ1) is 11.6. The molecule has 0 radical (unpaired) electrons. The third-order valence-corrected chi connectivity index (χ3v) is 5.36. The van der Waals surface area contributed by atoms with E-state index in [1.165, 1.54) is 6.42 Å². The monoisotopic (exact) mass is 330 g/mol. The molecule has 3 heterocycles. The summed E-state index contributed by atoms with van der Waals surface area (Å²) in [6, 6.07) is 2.08. The molecule has 0 amide bonds. The normalized spacial score (nSPS) is 22.2. The molecule has 2 aromatic heterocycles. The van der Waals surface area contributed by atoms with E-state index in [1.807, 2.05) is 11.4 Å². The highest BCUT2D eigenvalue weighted by Gasteiger charge is 2.32. The molecule has 7 heteroatoms. The van der Waals surface area contributed by atoms with Gasteiger partial charge in [-0.05, 0) is 19.8 Å². The number of aryl methyl sites for hydroxylation is 1. The molecule has 0 bridgehead atoms. The maximum Gasteiger partial charge on any atom is 0.254 e. The third kappa shape index (κ3) is 3.10. The van der Waals surface area contributed by atoms with Crippen LogP contribution in [0.5, 0.6) is 0 Å². The molecule has 1 aliphatic carbocycles. The Balaban J connectivity index is 1.43. The van der Waals surface area contributed by atoms with Gasteiger partial charge in [0.15, 0.2) is 0 Å². The number of anilines is 1. The minimum atomic E-state index is -0.465. The molecule has 7 nitrogen and oxygen atoms in total. The van der Waals surface area contributed by atoms with Crippen molar-refractivity contribution >= 4 is 11.6 Å². The lowest BCUT2D eigenvalue weighted by Gasteiger charge is -2.41. The molecule has 24 heavy (non-hydrogen) atoms. The SMILES string of the molecule is Cc1cc(N2CCN(CC3(O)CCCCC3)CC2)n2ncnc2n1. The molecule has 2 fully saturated rings. The minimum Gasteiger partial charge on any atom is -0.389 e. The zero-order valence-electron chi connectivity index (χ0n) is 14.4. The second-order valence-corrected chi connectivity index (χ2v) is 7.28. The molecular formula is C17H26N6O.